The molecular formula is C15H22N2. The van der Waals surface area contributed by atoms with Crippen LogP contribution in [0.1, 0.15) is 37.3 Å². The van der Waals surface area contributed by atoms with Crippen molar-refractivity contribution >= 4 is 10.9 Å². The van der Waals surface area contributed by atoms with Crippen LogP contribution < -0.4 is 5.73 Å². The minimum absolute atomic E-state index is 0.766. The van der Waals surface area contributed by atoms with Crippen molar-refractivity contribution in [1.29, 1.82) is 0 Å². The van der Waals surface area contributed by atoms with E-state index in [0.717, 1.165) is 19.4 Å². The third-order valence-electron chi connectivity index (χ3n) is 3.30. The summed E-state index contributed by atoms with van der Waals surface area (Å²) < 4.78 is 0. The van der Waals surface area contributed by atoms with Gasteiger partial charge in [-0.25, -0.2) is 0 Å². The van der Waals surface area contributed by atoms with Crippen molar-refractivity contribution in [2.75, 3.05) is 6.54 Å². The van der Waals surface area contributed by atoms with E-state index in [1.807, 2.05) is 0 Å². The molecule has 0 aliphatic carbocycles. The lowest BCUT2D eigenvalue weighted by atomic mass is 10.0. The molecule has 0 aliphatic rings. The Morgan fingerprint density at radius 3 is 2.82 bits per heavy atom. The van der Waals surface area contributed by atoms with E-state index in [-0.39, 0.29) is 0 Å². The van der Waals surface area contributed by atoms with Gasteiger partial charge in [-0.2, -0.15) is 0 Å². The quantitative estimate of drug-likeness (QED) is 0.784. The highest BCUT2D eigenvalue weighted by Gasteiger charge is 2.04. The molecule has 0 atom stereocenters. The Morgan fingerprint density at radius 1 is 1.18 bits per heavy atom. The number of aryl methyl sites for hydroxylation is 2. The van der Waals surface area contributed by atoms with Crippen LogP contribution >= 0.6 is 0 Å². The highest BCUT2D eigenvalue weighted by Crippen LogP contribution is 2.21. The lowest BCUT2D eigenvalue weighted by Gasteiger charge is -2.02. The van der Waals surface area contributed by atoms with Gasteiger partial charge in [-0.3, -0.25) is 0 Å². The summed E-state index contributed by atoms with van der Waals surface area (Å²) in [7, 11) is 0. The molecule has 1 aromatic carbocycles. The van der Waals surface area contributed by atoms with Gasteiger partial charge in [-0.05, 0) is 55.5 Å². The first kappa shape index (κ1) is 12.2. The van der Waals surface area contributed by atoms with Crippen molar-refractivity contribution in [2.45, 2.75) is 39.0 Å². The first-order valence-corrected chi connectivity index (χ1v) is 6.64. The number of hydrogen-bond donors (Lipinski definition) is 2. The van der Waals surface area contributed by atoms with Crippen LogP contribution in [-0.4, -0.2) is 11.5 Å². The van der Waals surface area contributed by atoms with Crippen molar-refractivity contribution in [3.8, 4) is 0 Å². The van der Waals surface area contributed by atoms with Crippen molar-refractivity contribution in [3.05, 3.63) is 35.5 Å². The van der Waals surface area contributed by atoms with Crippen LogP contribution in [0.25, 0.3) is 10.9 Å². The van der Waals surface area contributed by atoms with E-state index in [1.54, 1.807) is 0 Å². The Kier molecular flexibility index (Phi) is 4.21. The van der Waals surface area contributed by atoms with Gasteiger partial charge in [0, 0.05) is 17.1 Å². The van der Waals surface area contributed by atoms with Crippen LogP contribution in [-0.2, 0) is 12.8 Å². The zero-order chi connectivity index (χ0) is 12.1. The van der Waals surface area contributed by atoms with Gasteiger partial charge in [-0.15, -0.1) is 0 Å². The zero-order valence-electron chi connectivity index (χ0n) is 10.6. The summed E-state index contributed by atoms with van der Waals surface area (Å²) in [6.07, 6.45) is 7.98. The molecule has 1 heterocycles. The number of unbranched alkanes of at least 4 members (excludes halogenated alkanes) is 1. The Balaban J connectivity index is 2.23. The molecule has 2 aromatic rings. The van der Waals surface area contributed by atoms with E-state index in [9.17, 15) is 0 Å². The van der Waals surface area contributed by atoms with E-state index in [4.69, 9.17) is 5.73 Å². The van der Waals surface area contributed by atoms with E-state index >= 15 is 0 Å². The maximum atomic E-state index is 5.57. The van der Waals surface area contributed by atoms with Gasteiger partial charge in [0.15, 0.2) is 0 Å². The molecule has 1 aromatic heterocycles. The normalized spacial score (nSPS) is 11.2. The average Bonchev–Trinajstić information content (AvgIpc) is 2.76. The van der Waals surface area contributed by atoms with E-state index in [2.05, 4.69) is 36.3 Å². The number of H-pyrrole nitrogens is 1. The van der Waals surface area contributed by atoms with Crippen molar-refractivity contribution < 1.29 is 0 Å². The summed E-state index contributed by atoms with van der Waals surface area (Å²) in [6.45, 7) is 3.00. The molecule has 92 valence electrons. The summed E-state index contributed by atoms with van der Waals surface area (Å²) in [6, 6.07) is 6.78. The fourth-order valence-electron chi connectivity index (χ4n) is 2.26. The number of benzene rings is 1. The number of fused-ring (bicyclic) bond motifs is 1. The van der Waals surface area contributed by atoms with Gasteiger partial charge >= 0.3 is 0 Å². The van der Waals surface area contributed by atoms with Crippen LogP contribution in [0.15, 0.2) is 24.4 Å². The van der Waals surface area contributed by atoms with Crippen LogP contribution in [0.5, 0.6) is 0 Å². The predicted octanol–water partition coefficient (Wildman–Crippen LogP) is 3.40. The standard InChI is InChI=1S/C15H22N2/c1-2-3-5-12-7-8-15-14(10-12)13(11-17-15)6-4-9-16/h7-8,10-11,17H,2-6,9,16H2,1H3. The molecule has 0 bridgehead atoms. The van der Waals surface area contributed by atoms with Gasteiger partial charge in [-0.1, -0.05) is 19.4 Å². The fourth-order valence-corrected chi connectivity index (χ4v) is 2.26. The monoisotopic (exact) mass is 230 g/mol. The molecule has 0 saturated carbocycles. The third kappa shape index (κ3) is 2.89. The summed E-state index contributed by atoms with van der Waals surface area (Å²) in [4.78, 5) is 3.34. The number of aromatic amines is 1. The maximum absolute atomic E-state index is 5.57. The molecule has 0 saturated heterocycles. The van der Waals surface area contributed by atoms with E-state index < -0.39 is 0 Å². The number of nitrogens with one attached hydrogen (secondary N) is 1. The van der Waals surface area contributed by atoms with E-state index in [0.29, 0.717) is 0 Å². The van der Waals surface area contributed by atoms with E-state index in [1.165, 1.54) is 41.3 Å². The molecule has 3 N–H and O–H groups in total. The first-order valence-electron chi connectivity index (χ1n) is 6.64. The zero-order valence-corrected chi connectivity index (χ0v) is 10.6. The second-order valence-electron chi connectivity index (χ2n) is 4.69. The fraction of sp³-hybridized carbons (Fsp3) is 0.467. The Bertz CT molecular complexity index is 471. The summed E-state index contributed by atoms with van der Waals surface area (Å²) in [5.74, 6) is 0. The number of hydrogen-bond acceptors (Lipinski definition) is 1. The lowest BCUT2D eigenvalue weighted by Crippen LogP contribution is -1.99. The second-order valence-corrected chi connectivity index (χ2v) is 4.69. The van der Waals surface area contributed by atoms with Gasteiger partial charge < -0.3 is 10.7 Å². The third-order valence-corrected chi connectivity index (χ3v) is 3.30. The predicted molar refractivity (Wildman–Crippen MR) is 74.3 cm³/mol. The van der Waals surface area contributed by atoms with Crippen LogP contribution in [0.4, 0.5) is 0 Å². The SMILES string of the molecule is CCCCc1ccc2[nH]cc(CCCN)c2c1. The smallest absolute Gasteiger partial charge is 0.0456 e. The molecule has 0 amide bonds. The molecule has 2 nitrogen and oxygen atoms in total. The number of aromatic nitrogens is 1. The Labute approximate surface area is 103 Å². The summed E-state index contributed by atoms with van der Waals surface area (Å²) in [5, 5.41) is 1.38. The minimum atomic E-state index is 0.766. The molecule has 2 rings (SSSR count). The maximum Gasteiger partial charge on any atom is 0.0456 e. The topological polar surface area (TPSA) is 41.8 Å². The van der Waals surface area contributed by atoms with Crippen LogP contribution in [0.3, 0.4) is 0 Å². The second kappa shape index (κ2) is 5.87. The first-order chi connectivity index (χ1) is 8.35. The molecule has 0 fully saturated rings. The van der Waals surface area contributed by atoms with Crippen molar-refractivity contribution in [2.24, 2.45) is 5.73 Å². The van der Waals surface area contributed by atoms with Crippen molar-refractivity contribution in [1.82, 2.24) is 4.98 Å². The molecule has 0 spiro atoms. The molecule has 2 heteroatoms. The van der Waals surface area contributed by atoms with Gasteiger partial charge in [0.1, 0.15) is 0 Å². The molecule has 17 heavy (non-hydrogen) atoms. The Hall–Kier alpha value is -1.28. The minimum Gasteiger partial charge on any atom is -0.361 e. The van der Waals surface area contributed by atoms with Gasteiger partial charge in [0.2, 0.25) is 0 Å². The largest absolute Gasteiger partial charge is 0.361 e. The average molecular weight is 230 g/mol. The van der Waals surface area contributed by atoms with Crippen molar-refractivity contribution in [3.63, 3.8) is 0 Å². The number of rotatable bonds is 6. The lowest BCUT2D eigenvalue weighted by molar-refractivity contribution is 0.795. The number of nitrogens with two attached hydrogens (primary N) is 1. The molecule has 0 aliphatic heterocycles. The summed E-state index contributed by atoms with van der Waals surface area (Å²) in [5.41, 5.74) is 9.68. The Morgan fingerprint density at radius 2 is 2.06 bits per heavy atom. The summed E-state index contributed by atoms with van der Waals surface area (Å²) >= 11 is 0. The molecular weight excluding hydrogens is 208 g/mol. The van der Waals surface area contributed by atoms with Gasteiger partial charge in [0.05, 0.1) is 0 Å². The van der Waals surface area contributed by atoms with Crippen LogP contribution in [0.2, 0.25) is 0 Å². The highest BCUT2D eigenvalue weighted by atomic mass is 14.7. The molecule has 0 unspecified atom stereocenters. The van der Waals surface area contributed by atoms with Crippen LogP contribution in [0, 0.1) is 0 Å². The highest BCUT2D eigenvalue weighted by molar-refractivity contribution is 5.83. The molecule has 0 radical (unpaired) electrons. The van der Waals surface area contributed by atoms with Gasteiger partial charge in [0.25, 0.3) is 0 Å².